The molecule has 2 heterocycles. The van der Waals surface area contributed by atoms with Gasteiger partial charge in [-0.05, 0) is 18.1 Å². The highest BCUT2D eigenvalue weighted by Crippen LogP contribution is 2.32. The number of nitrogens with zero attached hydrogens (tertiary/aromatic N) is 2. The Balaban J connectivity index is 1.81. The Kier molecular flexibility index (Phi) is 3.18. The van der Waals surface area contributed by atoms with Gasteiger partial charge in [0.1, 0.15) is 0 Å². The van der Waals surface area contributed by atoms with Crippen LogP contribution in [0, 0.1) is 0 Å². The van der Waals surface area contributed by atoms with Crippen molar-refractivity contribution in [2.45, 2.75) is 19.3 Å². The van der Waals surface area contributed by atoms with Crippen molar-refractivity contribution in [2.24, 2.45) is 7.05 Å². The molecule has 0 aliphatic carbocycles. The number of anilines is 2. The van der Waals surface area contributed by atoms with Gasteiger partial charge in [0.15, 0.2) is 0 Å². The minimum atomic E-state index is -0.142. The summed E-state index contributed by atoms with van der Waals surface area (Å²) >= 11 is 0. The van der Waals surface area contributed by atoms with E-state index in [2.05, 4.69) is 15.7 Å². The smallest absolute Gasteiger partial charge is 0.233 e. The molecule has 0 spiro atoms. The van der Waals surface area contributed by atoms with Gasteiger partial charge in [0.25, 0.3) is 0 Å². The van der Waals surface area contributed by atoms with Gasteiger partial charge >= 0.3 is 0 Å². The first-order valence-corrected chi connectivity index (χ1v) is 6.85. The number of hydrogen-bond donors (Lipinski definition) is 2. The predicted octanol–water partition coefficient (Wildman–Crippen LogP) is 2.13. The lowest BCUT2D eigenvalue weighted by Crippen LogP contribution is -2.22. The van der Waals surface area contributed by atoms with Crippen molar-refractivity contribution in [2.75, 3.05) is 17.2 Å². The standard InChI is InChI=1S/C15H18N4O/c1-3-12-14(9-19(2)18-12)17-15(20)11-8-16-13-7-5-4-6-10(11)13/h4-7,9,11,16H,3,8H2,1-2H3,(H,17,20). The van der Waals surface area contributed by atoms with Gasteiger partial charge in [0.2, 0.25) is 5.91 Å². The van der Waals surface area contributed by atoms with E-state index in [-0.39, 0.29) is 11.8 Å². The molecule has 3 rings (SSSR count). The van der Waals surface area contributed by atoms with Crippen LogP contribution < -0.4 is 10.6 Å². The van der Waals surface area contributed by atoms with E-state index in [0.717, 1.165) is 29.1 Å². The lowest BCUT2D eigenvalue weighted by atomic mass is 10.0. The Labute approximate surface area is 118 Å². The molecule has 104 valence electrons. The van der Waals surface area contributed by atoms with Crippen LogP contribution in [0.1, 0.15) is 24.1 Å². The van der Waals surface area contributed by atoms with Crippen molar-refractivity contribution in [3.05, 3.63) is 41.7 Å². The number of carbonyl (C=O) groups excluding carboxylic acids is 1. The third-order valence-corrected chi connectivity index (χ3v) is 3.65. The number of rotatable bonds is 3. The molecule has 0 fully saturated rings. The number of para-hydroxylation sites is 1. The molecule has 20 heavy (non-hydrogen) atoms. The monoisotopic (exact) mass is 270 g/mol. The van der Waals surface area contributed by atoms with Gasteiger partial charge in [0.05, 0.1) is 17.3 Å². The average Bonchev–Trinajstić information content (AvgIpc) is 3.02. The number of aromatic nitrogens is 2. The van der Waals surface area contributed by atoms with Crippen LogP contribution in [0.5, 0.6) is 0 Å². The van der Waals surface area contributed by atoms with Crippen LogP contribution in [0.3, 0.4) is 0 Å². The van der Waals surface area contributed by atoms with Crippen LogP contribution in [0.25, 0.3) is 0 Å². The SMILES string of the molecule is CCc1nn(C)cc1NC(=O)C1CNc2ccccc21. The highest BCUT2D eigenvalue weighted by molar-refractivity contribution is 5.98. The number of aryl methyl sites for hydroxylation is 2. The molecule has 1 aliphatic rings. The Morgan fingerprint density at radius 1 is 1.50 bits per heavy atom. The first kappa shape index (κ1) is 12.7. The predicted molar refractivity (Wildman–Crippen MR) is 78.9 cm³/mol. The maximum absolute atomic E-state index is 12.5. The maximum atomic E-state index is 12.5. The molecule has 1 atom stereocenters. The first-order valence-electron chi connectivity index (χ1n) is 6.85. The fourth-order valence-electron chi connectivity index (χ4n) is 2.64. The number of benzene rings is 1. The van der Waals surface area contributed by atoms with Gasteiger partial charge in [-0.3, -0.25) is 9.48 Å². The molecule has 1 aromatic heterocycles. The second kappa shape index (κ2) is 5.00. The second-order valence-corrected chi connectivity index (χ2v) is 5.03. The molecule has 2 N–H and O–H groups in total. The normalized spacial score (nSPS) is 16.6. The van der Waals surface area contributed by atoms with E-state index in [4.69, 9.17) is 0 Å². The third-order valence-electron chi connectivity index (χ3n) is 3.65. The summed E-state index contributed by atoms with van der Waals surface area (Å²) in [6.07, 6.45) is 2.65. The van der Waals surface area contributed by atoms with Gasteiger partial charge in [-0.1, -0.05) is 25.1 Å². The van der Waals surface area contributed by atoms with Crippen LogP contribution in [0.2, 0.25) is 0 Å². The largest absolute Gasteiger partial charge is 0.384 e. The minimum absolute atomic E-state index is 0.0187. The highest BCUT2D eigenvalue weighted by atomic mass is 16.1. The Morgan fingerprint density at radius 2 is 2.30 bits per heavy atom. The van der Waals surface area contributed by atoms with Gasteiger partial charge < -0.3 is 10.6 Å². The summed E-state index contributed by atoms with van der Waals surface area (Å²) in [5.74, 6) is -0.124. The van der Waals surface area contributed by atoms with Gasteiger partial charge in [-0.15, -0.1) is 0 Å². The van der Waals surface area contributed by atoms with Crippen molar-refractivity contribution in [1.29, 1.82) is 0 Å². The second-order valence-electron chi connectivity index (χ2n) is 5.03. The van der Waals surface area contributed by atoms with Crippen LogP contribution in [0.4, 0.5) is 11.4 Å². The molecule has 0 radical (unpaired) electrons. The van der Waals surface area contributed by atoms with Gasteiger partial charge in [-0.2, -0.15) is 5.10 Å². The summed E-state index contributed by atoms with van der Waals surface area (Å²) in [7, 11) is 1.86. The number of hydrogen-bond acceptors (Lipinski definition) is 3. The van der Waals surface area contributed by atoms with Gasteiger partial charge in [0, 0.05) is 25.5 Å². The van der Waals surface area contributed by atoms with Crippen molar-refractivity contribution < 1.29 is 4.79 Å². The summed E-state index contributed by atoms with van der Waals surface area (Å²) in [5.41, 5.74) is 3.84. The summed E-state index contributed by atoms with van der Waals surface area (Å²) in [6.45, 7) is 2.68. The van der Waals surface area contributed by atoms with E-state index < -0.39 is 0 Å². The molecule has 1 aliphatic heterocycles. The van der Waals surface area contributed by atoms with Crippen LogP contribution in [0.15, 0.2) is 30.5 Å². The van der Waals surface area contributed by atoms with Gasteiger partial charge in [-0.25, -0.2) is 0 Å². The average molecular weight is 270 g/mol. The fourth-order valence-corrected chi connectivity index (χ4v) is 2.64. The summed E-state index contributed by atoms with van der Waals surface area (Å²) in [6, 6.07) is 7.95. The van der Waals surface area contributed by atoms with Crippen LogP contribution in [-0.2, 0) is 18.3 Å². The number of carbonyl (C=O) groups is 1. The topological polar surface area (TPSA) is 59.0 Å². The Hall–Kier alpha value is -2.30. The summed E-state index contributed by atoms with van der Waals surface area (Å²) in [5, 5.41) is 10.6. The van der Waals surface area contributed by atoms with E-state index in [9.17, 15) is 4.79 Å². The highest BCUT2D eigenvalue weighted by Gasteiger charge is 2.28. The van der Waals surface area contributed by atoms with Crippen molar-refractivity contribution in [1.82, 2.24) is 9.78 Å². The molecule has 5 heteroatoms. The number of fused-ring (bicyclic) bond motifs is 1. The molecule has 1 aromatic carbocycles. The molecule has 0 bridgehead atoms. The van der Waals surface area contributed by atoms with Crippen molar-refractivity contribution >= 4 is 17.3 Å². The minimum Gasteiger partial charge on any atom is -0.384 e. The Bertz CT molecular complexity index is 647. The maximum Gasteiger partial charge on any atom is 0.233 e. The zero-order valence-corrected chi connectivity index (χ0v) is 11.7. The molecule has 0 saturated carbocycles. The summed E-state index contributed by atoms with van der Waals surface area (Å²) < 4.78 is 1.73. The van der Waals surface area contributed by atoms with Crippen LogP contribution >= 0.6 is 0 Å². The van der Waals surface area contributed by atoms with E-state index in [1.165, 1.54) is 0 Å². The zero-order valence-electron chi connectivity index (χ0n) is 11.7. The third kappa shape index (κ3) is 2.15. The number of amides is 1. The van der Waals surface area contributed by atoms with Crippen LogP contribution in [-0.4, -0.2) is 22.2 Å². The molecule has 0 saturated heterocycles. The lowest BCUT2D eigenvalue weighted by Gasteiger charge is -2.10. The van der Waals surface area contributed by atoms with E-state index in [0.29, 0.717) is 6.54 Å². The lowest BCUT2D eigenvalue weighted by molar-refractivity contribution is -0.117. The first-order chi connectivity index (χ1) is 9.69. The Morgan fingerprint density at radius 3 is 3.10 bits per heavy atom. The van der Waals surface area contributed by atoms with Crippen molar-refractivity contribution in [3.63, 3.8) is 0 Å². The zero-order chi connectivity index (χ0) is 14.1. The molecule has 2 aromatic rings. The molecular formula is C15H18N4O. The number of nitrogens with one attached hydrogen (secondary N) is 2. The fraction of sp³-hybridized carbons (Fsp3) is 0.333. The molecule has 5 nitrogen and oxygen atoms in total. The summed E-state index contributed by atoms with van der Waals surface area (Å²) in [4.78, 5) is 12.5. The van der Waals surface area contributed by atoms with E-state index >= 15 is 0 Å². The van der Waals surface area contributed by atoms with Crippen molar-refractivity contribution in [3.8, 4) is 0 Å². The van der Waals surface area contributed by atoms with E-state index in [1.807, 2.05) is 44.4 Å². The molecule has 1 unspecified atom stereocenters. The molecule has 1 amide bonds. The molecular weight excluding hydrogens is 252 g/mol. The van der Waals surface area contributed by atoms with E-state index in [1.54, 1.807) is 4.68 Å². The quantitative estimate of drug-likeness (QED) is 0.898.